The van der Waals surface area contributed by atoms with Crippen LogP contribution in [0.15, 0.2) is 34.0 Å². The smallest absolute Gasteiger partial charge is 0.378 e. The summed E-state index contributed by atoms with van der Waals surface area (Å²) in [5, 5.41) is 12.1. The summed E-state index contributed by atoms with van der Waals surface area (Å²) in [6.45, 7) is 0. The number of nitrogens with two attached hydrogens (primary N) is 1. The van der Waals surface area contributed by atoms with E-state index in [0.717, 1.165) is 12.3 Å². The molecule has 0 saturated heterocycles. The highest BCUT2D eigenvalue weighted by Crippen LogP contribution is 2.30. The van der Waals surface area contributed by atoms with Crippen molar-refractivity contribution < 1.29 is 22.6 Å². The molecule has 2 aromatic rings. The summed E-state index contributed by atoms with van der Waals surface area (Å²) < 4.78 is 42.4. The third-order valence-electron chi connectivity index (χ3n) is 2.38. The fraction of sp³-hybridized carbons (Fsp3) is 0.0909. The number of nitrogens with zero attached hydrogens (tertiary/aromatic N) is 3. The van der Waals surface area contributed by atoms with Crippen molar-refractivity contribution in [1.82, 2.24) is 15.7 Å². The molecule has 116 valence electrons. The number of rotatable bonds is 3. The summed E-state index contributed by atoms with van der Waals surface area (Å²) in [6, 6.07) is 3.91. The van der Waals surface area contributed by atoms with Gasteiger partial charge in [-0.15, -0.1) is 0 Å². The Kier molecular flexibility index (Phi) is 4.25. The van der Waals surface area contributed by atoms with Gasteiger partial charge in [0.1, 0.15) is 0 Å². The summed E-state index contributed by atoms with van der Waals surface area (Å²) in [4.78, 5) is 11.4. The molecule has 0 aliphatic rings. The highest BCUT2D eigenvalue weighted by Gasteiger charge is 2.32. The first kappa shape index (κ1) is 15.3. The molecule has 0 fully saturated rings. The highest BCUT2D eigenvalue weighted by atomic mass is 19.4. The van der Waals surface area contributed by atoms with Crippen LogP contribution in [0.4, 0.5) is 29.6 Å². The van der Waals surface area contributed by atoms with Crippen LogP contribution in [0.5, 0.6) is 0 Å². The summed E-state index contributed by atoms with van der Waals surface area (Å²) in [5.74, 6) is -0.287. The van der Waals surface area contributed by atoms with Crippen molar-refractivity contribution >= 4 is 23.9 Å². The fourth-order valence-corrected chi connectivity index (χ4v) is 1.45. The Bertz CT molecular complexity index is 697. The lowest BCUT2D eigenvalue weighted by molar-refractivity contribution is -0.137. The number of carbonyl (C=O) groups is 1. The molecule has 0 aliphatic heterocycles. The Labute approximate surface area is 121 Å². The van der Waals surface area contributed by atoms with E-state index in [1.165, 1.54) is 18.2 Å². The maximum absolute atomic E-state index is 12.7. The zero-order chi connectivity index (χ0) is 16.2. The number of alkyl halides is 3. The third-order valence-corrected chi connectivity index (χ3v) is 2.38. The molecule has 0 unspecified atom stereocenters. The minimum Gasteiger partial charge on any atom is -0.378 e. The van der Waals surface area contributed by atoms with E-state index in [2.05, 4.69) is 25.4 Å². The van der Waals surface area contributed by atoms with Gasteiger partial charge < -0.3 is 5.73 Å². The highest BCUT2D eigenvalue weighted by molar-refractivity contribution is 5.91. The molecule has 8 nitrogen and oxygen atoms in total. The molecule has 2 rings (SSSR count). The molecule has 1 heterocycles. The topological polar surface area (TPSA) is 118 Å². The van der Waals surface area contributed by atoms with Gasteiger partial charge >= 0.3 is 12.2 Å². The van der Waals surface area contributed by atoms with Gasteiger partial charge in [0.05, 0.1) is 11.8 Å². The molecule has 22 heavy (non-hydrogen) atoms. The maximum atomic E-state index is 12.7. The summed E-state index contributed by atoms with van der Waals surface area (Å²) in [7, 11) is 0. The average Bonchev–Trinajstić information content (AvgIpc) is 2.83. The van der Waals surface area contributed by atoms with Crippen LogP contribution in [0.3, 0.4) is 0 Å². The number of hydrogen-bond acceptors (Lipinski definition) is 6. The Hall–Kier alpha value is -3.11. The van der Waals surface area contributed by atoms with Gasteiger partial charge in [-0.05, 0) is 16.4 Å². The lowest BCUT2D eigenvalue weighted by Gasteiger charge is -2.09. The second-order valence-corrected chi connectivity index (χ2v) is 3.91. The lowest BCUT2D eigenvalue weighted by Crippen LogP contribution is -2.25. The van der Waals surface area contributed by atoms with Crippen LogP contribution in [0.1, 0.15) is 11.1 Å². The number of anilines is 2. The molecular weight excluding hydrogens is 305 g/mol. The van der Waals surface area contributed by atoms with Crippen LogP contribution in [0.2, 0.25) is 0 Å². The van der Waals surface area contributed by atoms with Crippen LogP contribution in [-0.4, -0.2) is 22.6 Å². The molecule has 0 saturated carbocycles. The second-order valence-electron chi connectivity index (χ2n) is 3.91. The van der Waals surface area contributed by atoms with Gasteiger partial charge in [-0.2, -0.15) is 18.3 Å². The zero-order valence-corrected chi connectivity index (χ0v) is 10.8. The molecule has 1 aromatic heterocycles. The van der Waals surface area contributed by atoms with Gasteiger partial charge in [0.15, 0.2) is 0 Å². The monoisotopic (exact) mass is 314 g/mol. The Morgan fingerprint density at radius 1 is 1.32 bits per heavy atom. The first-order valence-corrected chi connectivity index (χ1v) is 5.72. The van der Waals surface area contributed by atoms with Crippen molar-refractivity contribution in [2.45, 2.75) is 6.18 Å². The maximum Gasteiger partial charge on any atom is 0.417 e. The van der Waals surface area contributed by atoms with Gasteiger partial charge in [-0.1, -0.05) is 18.2 Å². The predicted octanol–water partition coefficient (Wildman–Crippen LogP) is 1.83. The molecule has 0 radical (unpaired) electrons. The number of nitrogens with one attached hydrogen (secondary N) is 2. The van der Waals surface area contributed by atoms with Crippen molar-refractivity contribution in [3.05, 3.63) is 35.4 Å². The largest absolute Gasteiger partial charge is 0.417 e. The average molecular weight is 314 g/mol. The number of hydrogen-bond donors (Lipinski definition) is 3. The van der Waals surface area contributed by atoms with Gasteiger partial charge in [-0.3, -0.25) is 5.32 Å². The van der Waals surface area contributed by atoms with Crippen LogP contribution in [0.25, 0.3) is 0 Å². The van der Waals surface area contributed by atoms with Gasteiger partial charge in [0.2, 0.25) is 11.6 Å². The number of aromatic nitrogens is 2. The first-order valence-electron chi connectivity index (χ1n) is 5.72. The molecule has 0 bridgehead atoms. The normalized spacial score (nSPS) is 11.6. The van der Waals surface area contributed by atoms with E-state index < -0.39 is 17.8 Å². The minimum absolute atomic E-state index is 0.136. The van der Waals surface area contributed by atoms with Crippen LogP contribution in [-0.2, 0) is 6.18 Å². The summed E-state index contributed by atoms with van der Waals surface area (Å²) in [5.41, 5.74) is 6.20. The second kappa shape index (κ2) is 6.11. The van der Waals surface area contributed by atoms with Crippen molar-refractivity contribution in [2.75, 3.05) is 11.1 Å². The van der Waals surface area contributed by atoms with E-state index >= 15 is 0 Å². The number of benzene rings is 1. The number of halogens is 3. The van der Waals surface area contributed by atoms with Gasteiger partial charge in [-0.25, -0.2) is 14.8 Å². The molecular formula is C11H9F3N6O2. The van der Waals surface area contributed by atoms with E-state index in [4.69, 9.17) is 5.73 Å². The number of hydrazone groups is 1. The van der Waals surface area contributed by atoms with Gasteiger partial charge in [0, 0.05) is 5.56 Å². The van der Waals surface area contributed by atoms with Crippen molar-refractivity contribution in [1.29, 1.82) is 0 Å². The molecule has 11 heteroatoms. The zero-order valence-electron chi connectivity index (χ0n) is 10.8. The summed E-state index contributed by atoms with van der Waals surface area (Å²) >= 11 is 0. The van der Waals surface area contributed by atoms with E-state index in [0.29, 0.717) is 0 Å². The Balaban J connectivity index is 2.01. The number of carbonyl (C=O) groups excluding carboxylic acids is 1. The fourth-order valence-electron chi connectivity index (χ4n) is 1.45. The molecule has 0 atom stereocenters. The van der Waals surface area contributed by atoms with E-state index in [1.807, 2.05) is 5.43 Å². The summed E-state index contributed by atoms with van der Waals surface area (Å²) in [6.07, 6.45) is -3.65. The van der Waals surface area contributed by atoms with Crippen molar-refractivity contribution in [2.24, 2.45) is 5.10 Å². The van der Waals surface area contributed by atoms with Gasteiger partial charge in [0.25, 0.3) is 0 Å². The van der Waals surface area contributed by atoms with E-state index in [-0.39, 0.29) is 17.2 Å². The first-order chi connectivity index (χ1) is 10.4. The quantitative estimate of drug-likeness (QED) is 0.590. The Morgan fingerprint density at radius 3 is 2.68 bits per heavy atom. The van der Waals surface area contributed by atoms with E-state index in [9.17, 15) is 18.0 Å². The number of amides is 2. The number of urea groups is 1. The van der Waals surface area contributed by atoms with Crippen LogP contribution >= 0.6 is 0 Å². The third kappa shape index (κ3) is 3.71. The molecule has 1 aromatic carbocycles. The molecule has 0 aliphatic carbocycles. The molecule has 4 N–H and O–H groups in total. The number of nitrogen functional groups attached to an aromatic ring is 1. The molecule has 2 amide bonds. The van der Waals surface area contributed by atoms with E-state index in [1.54, 1.807) is 0 Å². The lowest BCUT2D eigenvalue weighted by atomic mass is 10.1. The minimum atomic E-state index is -4.52. The Morgan fingerprint density at radius 2 is 2.05 bits per heavy atom. The van der Waals surface area contributed by atoms with Crippen molar-refractivity contribution in [3.8, 4) is 0 Å². The van der Waals surface area contributed by atoms with Crippen LogP contribution in [0, 0.1) is 0 Å². The SMILES string of the molecule is Nc1nonc1NC(=O)N/N=C\c1ccccc1C(F)(F)F. The standard InChI is InChI=1S/C11H9F3N6O2/c12-11(13,14)7-4-2-1-3-6(7)5-16-18-10(21)17-9-8(15)19-22-20-9/h1-5H,(H2,15,19)(H2,17,18,20,21)/b16-5-. The molecule has 0 spiro atoms. The van der Waals surface area contributed by atoms with Crippen LogP contribution < -0.4 is 16.5 Å². The van der Waals surface area contributed by atoms with Crippen molar-refractivity contribution in [3.63, 3.8) is 0 Å². The predicted molar refractivity (Wildman–Crippen MR) is 69.9 cm³/mol.